The molecule has 92 valence electrons. The molecule has 2 aromatic heterocycles. The minimum absolute atomic E-state index is 0.268. The molecule has 2 rings (SSSR count). The second kappa shape index (κ2) is 5.87. The molecule has 0 aromatic carbocycles. The molecule has 0 aliphatic heterocycles. The van der Waals surface area contributed by atoms with E-state index >= 15 is 0 Å². The summed E-state index contributed by atoms with van der Waals surface area (Å²) in [6.07, 6.45) is 0.772. The highest BCUT2D eigenvalue weighted by molar-refractivity contribution is 14.1. The van der Waals surface area contributed by atoms with Crippen LogP contribution in [0.3, 0.4) is 0 Å². The molecule has 0 radical (unpaired) electrons. The zero-order valence-electron chi connectivity index (χ0n) is 9.72. The number of nitrogens with one attached hydrogen (secondary N) is 1. The molecular weight excluding hydrogens is 349 g/mol. The number of nitrogens with zero attached hydrogens (tertiary/aromatic N) is 4. The number of rotatable bonds is 5. The van der Waals surface area contributed by atoms with Gasteiger partial charge in [0.2, 0.25) is 0 Å². The van der Waals surface area contributed by atoms with Crippen molar-refractivity contribution in [2.75, 3.05) is 6.54 Å². The van der Waals surface area contributed by atoms with Crippen LogP contribution in [0, 0.1) is 2.88 Å². The lowest BCUT2D eigenvalue weighted by Gasteiger charge is -2.14. The lowest BCUT2D eigenvalue weighted by molar-refractivity contribution is 0.536. The first-order valence-electron chi connectivity index (χ1n) is 5.39. The van der Waals surface area contributed by atoms with Gasteiger partial charge in [-0.1, -0.05) is 6.92 Å². The molecule has 2 aromatic rings. The number of hydrogen-bond donors (Lipinski definition) is 1. The quantitative estimate of drug-likeness (QED) is 0.823. The smallest absolute Gasteiger partial charge is 0.176 e. The highest BCUT2D eigenvalue weighted by Gasteiger charge is 2.15. The van der Waals surface area contributed by atoms with E-state index in [0.717, 1.165) is 18.8 Å². The van der Waals surface area contributed by atoms with Gasteiger partial charge in [0.25, 0.3) is 0 Å². The lowest BCUT2D eigenvalue weighted by Crippen LogP contribution is -2.23. The van der Waals surface area contributed by atoms with E-state index in [1.54, 1.807) is 18.4 Å². The Morgan fingerprint density at radius 2 is 2.41 bits per heavy atom. The van der Waals surface area contributed by atoms with Crippen molar-refractivity contribution in [3.8, 4) is 0 Å². The van der Waals surface area contributed by atoms with Crippen LogP contribution >= 0.6 is 33.9 Å². The number of hydrogen-bond acceptors (Lipinski definition) is 5. The molecule has 0 bridgehead atoms. The maximum atomic E-state index is 4.22. The fourth-order valence-electron chi connectivity index (χ4n) is 1.65. The van der Waals surface area contributed by atoms with Crippen LogP contribution in [0.2, 0.25) is 0 Å². The van der Waals surface area contributed by atoms with E-state index in [4.69, 9.17) is 0 Å². The normalized spacial score (nSPS) is 12.9. The Kier molecular flexibility index (Phi) is 4.46. The Morgan fingerprint density at radius 1 is 1.59 bits per heavy atom. The molecule has 2 heterocycles. The van der Waals surface area contributed by atoms with Gasteiger partial charge in [0, 0.05) is 12.5 Å². The summed E-state index contributed by atoms with van der Waals surface area (Å²) in [5.41, 5.74) is 1.30. The Bertz CT molecular complexity index is 481. The zero-order chi connectivity index (χ0) is 12.3. The van der Waals surface area contributed by atoms with Gasteiger partial charge >= 0.3 is 0 Å². The van der Waals surface area contributed by atoms with Crippen molar-refractivity contribution in [3.05, 3.63) is 25.7 Å². The lowest BCUT2D eigenvalue weighted by atomic mass is 10.1. The average molecular weight is 363 g/mol. The van der Waals surface area contributed by atoms with Gasteiger partial charge in [-0.2, -0.15) is 4.80 Å². The van der Waals surface area contributed by atoms with Gasteiger partial charge in [-0.25, -0.2) is 0 Å². The Morgan fingerprint density at radius 3 is 2.94 bits per heavy atom. The van der Waals surface area contributed by atoms with E-state index in [1.807, 2.05) is 0 Å². The van der Waals surface area contributed by atoms with Crippen molar-refractivity contribution < 1.29 is 0 Å². The van der Waals surface area contributed by atoms with Crippen molar-refractivity contribution in [2.24, 2.45) is 7.05 Å². The second-order valence-electron chi connectivity index (χ2n) is 3.69. The molecule has 0 aliphatic rings. The molecule has 0 spiro atoms. The molecule has 0 fully saturated rings. The Balaban J connectivity index is 2.12. The van der Waals surface area contributed by atoms with Gasteiger partial charge in [-0.15, -0.1) is 21.5 Å². The third-order valence-corrected chi connectivity index (χ3v) is 4.18. The van der Waals surface area contributed by atoms with Gasteiger partial charge in [-0.3, -0.25) is 0 Å². The van der Waals surface area contributed by atoms with Crippen LogP contribution in [0.1, 0.15) is 24.4 Å². The molecule has 0 saturated heterocycles. The Labute approximate surface area is 118 Å². The van der Waals surface area contributed by atoms with E-state index in [2.05, 4.69) is 61.7 Å². The number of halogens is 1. The van der Waals surface area contributed by atoms with Crippen molar-refractivity contribution in [1.82, 2.24) is 25.5 Å². The van der Waals surface area contributed by atoms with Gasteiger partial charge in [0.15, 0.2) is 5.82 Å². The molecule has 1 atom stereocenters. The van der Waals surface area contributed by atoms with E-state index in [-0.39, 0.29) is 6.04 Å². The van der Waals surface area contributed by atoms with Crippen molar-refractivity contribution in [3.63, 3.8) is 0 Å². The zero-order valence-corrected chi connectivity index (χ0v) is 12.7. The van der Waals surface area contributed by atoms with E-state index < -0.39 is 0 Å². The number of likely N-dealkylation sites (N-methyl/N-ethyl adjacent to an activating group) is 1. The first-order valence-corrected chi connectivity index (χ1v) is 7.35. The first-order chi connectivity index (χ1) is 8.19. The molecule has 7 heteroatoms. The summed E-state index contributed by atoms with van der Waals surface area (Å²) in [6, 6.07) is 2.47. The molecular formula is C10H14IN5S. The van der Waals surface area contributed by atoms with Crippen LogP contribution in [0.5, 0.6) is 0 Å². The molecule has 5 nitrogen and oxygen atoms in total. The maximum Gasteiger partial charge on any atom is 0.176 e. The number of aryl methyl sites for hydroxylation is 1. The Hall–Kier alpha value is -0.540. The molecule has 1 N–H and O–H groups in total. The standard InChI is InChI=1S/C10H14IN5S/c1-3-12-8(7-4-9(11)17-6-7)5-10-13-15-16(2)14-10/h4,6,8,12H,3,5H2,1-2H3. The van der Waals surface area contributed by atoms with Crippen LogP contribution in [-0.4, -0.2) is 26.8 Å². The average Bonchev–Trinajstić information content (AvgIpc) is 2.87. The second-order valence-corrected chi connectivity index (χ2v) is 6.50. The summed E-state index contributed by atoms with van der Waals surface area (Å²) in [6.45, 7) is 3.03. The minimum Gasteiger partial charge on any atom is -0.310 e. The van der Waals surface area contributed by atoms with Gasteiger partial charge in [0.05, 0.1) is 9.93 Å². The van der Waals surface area contributed by atoms with Crippen molar-refractivity contribution >= 4 is 33.9 Å². The third-order valence-electron chi connectivity index (χ3n) is 2.38. The summed E-state index contributed by atoms with van der Waals surface area (Å²) in [5.74, 6) is 0.777. The largest absolute Gasteiger partial charge is 0.310 e. The van der Waals surface area contributed by atoms with Gasteiger partial charge < -0.3 is 5.32 Å². The predicted molar refractivity (Wildman–Crippen MR) is 76.0 cm³/mol. The fraction of sp³-hybridized carbons (Fsp3) is 0.500. The predicted octanol–water partition coefficient (Wildman–Crippen LogP) is 1.77. The SMILES string of the molecule is CCNC(Cc1nnn(C)n1)c1csc(I)c1. The van der Waals surface area contributed by atoms with Gasteiger partial charge in [0.1, 0.15) is 0 Å². The molecule has 0 aliphatic carbocycles. The van der Waals surface area contributed by atoms with Crippen LogP contribution in [0.15, 0.2) is 11.4 Å². The monoisotopic (exact) mass is 363 g/mol. The van der Waals surface area contributed by atoms with E-state index in [0.29, 0.717) is 0 Å². The summed E-state index contributed by atoms with van der Waals surface area (Å²) in [7, 11) is 1.78. The molecule has 1 unspecified atom stereocenters. The van der Waals surface area contributed by atoms with Crippen LogP contribution in [0.4, 0.5) is 0 Å². The minimum atomic E-state index is 0.268. The summed E-state index contributed by atoms with van der Waals surface area (Å²) in [4.78, 5) is 1.50. The van der Waals surface area contributed by atoms with Crippen molar-refractivity contribution in [2.45, 2.75) is 19.4 Å². The highest BCUT2D eigenvalue weighted by atomic mass is 127. The van der Waals surface area contributed by atoms with Crippen molar-refractivity contribution in [1.29, 1.82) is 0 Å². The number of tetrazole rings is 1. The van der Waals surface area contributed by atoms with Crippen LogP contribution in [0.25, 0.3) is 0 Å². The summed E-state index contributed by atoms with van der Waals surface area (Å²) in [5, 5.41) is 17.8. The van der Waals surface area contributed by atoms with E-state index in [9.17, 15) is 0 Å². The molecule has 17 heavy (non-hydrogen) atoms. The summed E-state index contributed by atoms with van der Waals surface area (Å²) >= 11 is 4.10. The maximum absolute atomic E-state index is 4.22. The molecule has 0 amide bonds. The third kappa shape index (κ3) is 3.46. The summed E-state index contributed by atoms with van der Waals surface area (Å²) < 4.78 is 1.30. The van der Waals surface area contributed by atoms with Gasteiger partial charge in [-0.05, 0) is 51.4 Å². The number of aromatic nitrogens is 4. The van der Waals surface area contributed by atoms with E-state index in [1.165, 1.54) is 13.2 Å². The molecule has 0 saturated carbocycles. The topological polar surface area (TPSA) is 55.6 Å². The highest BCUT2D eigenvalue weighted by Crippen LogP contribution is 2.24. The first kappa shape index (κ1) is 12.9. The van der Waals surface area contributed by atoms with Crippen LogP contribution < -0.4 is 5.32 Å². The number of thiophene rings is 1. The van der Waals surface area contributed by atoms with Crippen LogP contribution in [-0.2, 0) is 13.5 Å². The fourth-order valence-corrected chi connectivity index (χ4v) is 3.07.